The number of hydrogen-bond donors (Lipinski definition) is 2. The fourth-order valence-electron chi connectivity index (χ4n) is 1.82. The van der Waals surface area contributed by atoms with E-state index >= 15 is 0 Å². The second-order valence-electron chi connectivity index (χ2n) is 4.84. The molecule has 0 unspecified atom stereocenters. The Morgan fingerprint density at radius 3 is 2.70 bits per heavy atom. The Bertz CT molecular complexity index is 765. The Morgan fingerprint density at radius 1 is 1.26 bits per heavy atom. The van der Waals surface area contributed by atoms with Gasteiger partial charge in [0.2, 0.25) is 0 Å². The van der Waals surface area contributed by atoms with Crippen molar-refractivity contribution in [1.29, 1.82) is 0 Å². The molecule has 0 heterocycles. The molecule has 0 bridgehead atoms. The summed E-state index contributed by atoms with van der Waals surface area (Å²) in [5, 5.41) is 3.00. The quantitative estimate of drug-likeness (QED) is 0.607. The van der Waals surface area contributed by atoms with E-state index in [1.165, 1.54) is 6.07 Å². The van der Waals surface area contributed by atoms with E-state index in [1.807, 2.05) is 13.0 Å². The van der Waals surface area contributed by atoms with Crippen LogP contribution in [0, 0.1) is 6.92 Å². The molecule has 2 aromatic carbocycles. The van der Waals surface area contributed by atoms with Crippen LogP contribution in [0.3, 0.4) is 0 Å². The van der Waals surface area contributed by atoms with E-state index in [9.17, 15) is 9.59 Å². The average molecular weight is 398 g/mol. The molecule has 0 saturated heterocycles. The number of aryl methyl sites for hydroxylation is 1. The summed E-state index contributed by atoms with van der Waals surface area (Å²) < 4.78 is 5.66. The van der Waals surface area contributed by atoms with Gasteiger partial charge in [0.1, 0.15) is 0 Å². The zero-order chi connectivity index (χ0) is 17.0. The van der Waals surface area contributed by atoms with Crippen molar-refractivity contribution >= 4 is 50.8 Å². The third kappa shape index (κ3) is 4.71. The highest BCUT2D eigenvalue weighted by molar-refractivity contribution is 9.10. The van der Waals surface area contributed by atoms with Crippen LogP contribution >= 0.6 is 27.5 Å². The lowest BCUT2D eigenvalue weighted by atomic mass is 10.2. The molecule has 5 nitrogen and oxygen atoms in total. The van der Waals surface area contributed by atoms with Crippen molar-refractivity contribution in [2.75, 3.05) is 17.7 Å². The number of carbonyl (C=O) groups is 2. The van der Waals surface area contributed by atoms with Crippen molar-refractivity contribution in [3.63, 3.8) is 0 Å². The van der Waals surface area contributed by atoms with Gasteiger partial charge < -0.3 is 15.8 Å². The van der Waals surface area contributed by atoms with E-state index in [1.54, 1.807) is 24.3 Å². The van der Waals surface area contributed by atoms with Gasteiger partial charge in [-0.05, 0) is 42.8 Å². The standard InChI is InChI=1S/C16H14BrClN2O3/c1-9-2-5-14(12(18)6-9)20-15(21)8-23-16(22)11-7-10(17)3-4-13(11)19/h2-7H,8,19H2,1H3,(H,20,21). The van der Waals surface area contributed by atoms with Crippen LogP contribution in [0.2, 0.25) is 5.02 Å². The number of nitrogen functional groups attached to an aromatic ring is 1. The molecule has 2 rings (SSSR count). The summed E-state index contributed by atoms with van der Waals surface area (Å²) in [4.78, 5) is 23.8. The van der Waals surface area contributed by atoms with E-state index < -0.39 is 18.5 Å². The molecular formula is C16H14BrClN2O3. The number of halogens is 2. The summed E-state index contributed by atoms with van der Waals surface area (Å²) in [6, 6.07) is 10.0. The van der Waals surface area contributed by atoms with Crippen LogP contribution in [-0.4, -0.2) is 18.5 Å². The molecule has 3 N–H and O–H groups in total. The number of carbonyl (C=O) groups excluding carboxylic acids is 2. The maximum atomic E-state index is 12.0. The molecule has 0 saturated carbocycles. The molecule has 0 aromatic heterocycles. The third-order valence-electron chi connectivity index (χ3n) is 2.97. The molecule has 0 atom stereocenters. The van der Waals surface area contributed by atoms with Crippen molar-refractivity contribution in [1.82, 2.24) is 0 Å². The van der Waals surface area contributed by atoms with E-state index in [-0.39, 0.29) is 11.3 Å². The van der Waals surface area contributed by atoms with Crippen molar-refractivity contribution in [2.24, 2.45) is 0 Å². The highest BCUT2D eigenvalue weighted by Crippen LogP contribution is 2.23. The summed E-state index contributed by atoms with van der Waals surface area (Å²) in [5.41, 5.74) is 7.62. The van der Waals surface area contributed by atoms with Gasteiger partial charge in [-0.1, -0.05) is 33.6 Å². The highest BCUT2D eigenvalue weighted by atomic mass is 79.9. The predicted octanol–water partition coefficient (Wildman–Crippen LogP) is 3.79. The van der Waals surface area contributed by atoms with Crippen LogP contribution < -0.4 is 11.1 Å². The van der Waals surface area contributed by atoms with Gasteiger partial charge in [0.25, 0.3) is 5.91 Å². The first kappa shape index (κ1) is 17.3. The van der Waals surface area contributed by atoms with Gasteiger partial charge in [0.05, 0.1) is 16.3 Å². The molecular weight excluding hydrogens is 384 g/mol. The lowest BCUT2D eigenvalue weighted by Gasteiger charge is -2.09. The Labute approximate surface area is 146 Å². The first-order valence-electron chi connectivity index (χ1n) is 6.65. The molecule has 2 aromatic rings. The van der Waals surface area contributed by atoms with Crippen LogP contribution in [0.4, 0.5) is 11.4 Å². The van der Waals surface area contributed by atoms with Crippen molar-refractivity contribution < 1.29 is 14.3 Å². The Hall–Kier alpha value is -2.05. The number of nitrogens with one attached hydrogen (secondary N) is 1. The Balaban J connectivity index is 1.96. The summed E-state index contributed by atoms with van der Waals surface area (Å²) in [6.45, 7) is 1.46. The monoisotopic (exact) mass is 396 g/mol. The van der Waals surface area contributed by atoms with Crippen LogP contribution in [0.15, 0.2) is 40.9 Å². The molecule has 0 aliphatic rings. The number of nitrogens with two attached hydrogens (primary N) is 1. The zero-order valence-electron chi connectivity index (χ0n) is 12.2. The molecule has 0 aliphatic carbocycles. The van der Waals surface area contributed by atoms with Gasteiger partial charge >= 0.3 is 5.97 Å². The number of esters is 1. The zero-order valence-corrected chi connectivity index (χ0v) is 14.6. The first-order valence-corrected chi connectivity index (χ1v) is 7.82. The van der Waals surface area contributed by atoms with Gasteiger partial charge in [-0.2, -0.15) is 0 Å². The van der Waals surface area contributed by atoms with E-state index in [0.29, 0.717) is 15.2 Å². The first-order chi connectivity index (χ1) is 10.9. The van der Waals surface area contributed by atoms with Gasteiger partial charge in [-0.15, -0.1) is 0 Å². The van der Waals surface area contributed by atoms with Crippen LogP contribution in [0.5, 0.6) is 0 Å². The Morgan fingerprint density at radius 2 is 2.00 bits per heavy atom. The number of amides is 1. The molecule has 0 aliphatic heterocycles. The molecule has 120 valence electrons. The van der Waals surface area contributed by atoms with Gasteiger partial charge in [-0.3, -0.25) is 4.79 Å². The van der Waals surface area contributed by atoms with Gasteiger partial charge in [-0.25, -0.2) is 4.79 Å². The molecule has 0 radical (unpaired) electrons. The highest BCUT2D eigenvalue weighted by Gasteiger charge is 2.14. The number of anilines is 2. The topological polar surface area (TPSA) is 81.4 Å². The predicted molar refractivity (Wildman–Crippen MR) is 93.7 cm³/mol. The largest absolute Gasteiger partial charge is 0.452 e. The molecule has 0 fully saturated rings. The molecule has 7 heteroatoms. The smallest absolute Gasteiger partial charge is 0.340 e. The van der Waals surface area contributed by atoms with Crippen LogP contribution in [0.1, 0.15) is 15.9 Å². The minimum Gasteiger partial charge on any atom is -0.452 e. The lowest BCUT2D eigenvalue weighted by Crippen LogP contribution is -2.21. The summed E-state index contributed by atoms with van der Waals surface area (Å²) in [5.74, 6) is -1.16. The number of rotatable bonds is 4. The summed E-state index contributed by atoms with van der Waals surface area (Å²) in [6.07, 6.45) is 0. The number of hydrogen-bond acceptors (Lipinski definition) is 4. The maximum absolute atomic E-state index is 12.0. The second-order valence-corrected chi connectivity index (χ2v) is 6.16. The second kappa shape index (κ2) is 7.48. The fourth-order valence-corrected chi connectivity index (χ4v) is 2.47. The van der Waals surface area contributed by atoms with Gasteiger partial charge in [0, 0.05) is 10.2 Å². The van der Waals surface area contributed by atoms with Crippen LogP contribution in [0.25, 0.3) is 0 Å². The maximum Gasteiger partial charge on any atom is 0.340 e. The SMILES string of the molecule is Cc1ccc(NC(=O)COC(=O)c2cc(Br)ccc2N)c(Cl)c1. The lowest BCUT2D eigenvalue weighted by molar-refractivity contribution is -0.119. The Kier molecular flexibility index (Phi) is 5.63. The fraction of sp³-hybridized carbons (Fsp3) is 0.125. The minimum atomic E-state index is -0.672. The van der Waals surface area contributed by atoms with Crippen molar-refractivity contribution in [3.05, 3.63) is 57.0 Å². The third-order valence-corrected chi connectivity index (χ3v) is 3.77. The van der Waals surface area contributed by atoms with Gasteiger partial charge in [0.15, 0.2) is 6.61 Å². The normalized spacial score (nSPS) is 10.2. The van der Waals surface area contributed by atoms with E-state index in [0.717, 1.165) is 5.56 Å². The minimum absolute atomic E-state index is 0.195. The van der Waals surface area contributed by atoms with Crippen LogP contribution in [-0.2, 0) is 9.53 Å². The summed E-state index contributed by atoms with van der Waals surface area (Å²) >= 11 is 9.27. The number of benzene rings is 2. The number of ether oxygens (including phenoxy) is 1. The molecule has 1 amide bonds. The molecule has 0 spiro atoms. The summed E-state index contributed by atoms with van der Waals surface area (Å²) in [7, 11) is 0. The van der Waals surface area contributed by atoms with Crippen molar-refractivity contribution in [2.45, 2.75) is 6.92 Å². The van der Waals surface area contributed by atoms with E-state index in [4.69, 9.17) is 22.1 Å². The average Bonchev–Trinajstić information content (AvgIpc) is 2.50. The van der Waals surface area contributed by atoms with Crippen molar-refractivity contribution in [3.8, 4) is 0 Å². The molecule has 23 heavy (non-hydrogen) atoms. The van der Waals surface area contributed by atoms with E-state index in [2.05, 4.69) is 21.2 Å².